The van der Waals surface area contributed by atoms with Crippen molar-refractivity contribution in [2.24, 2.45) is 0 Å². The molecule has 0 unspecified atom stereocenters. The lowest BCUT2D eigenvalue weighted by Gasteiger charge is -2.12. The summed E-state index contributed by atoms with van der Waals surface area (Å²) < 4.78 is 5.72. The number of carbonyl (C=O) groups excluding carboxylic acids is 1. The molecule has 3 N–H and O–H groups in total. The third-order valence-electron chi connectivity index (χ3n) is 4.06. The quantitative estimate of drug-likeness (QED) is 0.398. The number of benzene rings is 2. The minimum Gasteiger partial charge on any atom is -0.493 e. The van der Waals surface area contributed by atoms with Gasteiger partial charge in [-0.25, -0.2) is 0 Å². The van der Waals surface area contributed by atoms with E-state index in [1.807, 2.05) is 24.3 Å². The Morgan fingerprint density at radius 2 is 1.82 bits per heavy atom. The summed E-state index contributed by atoms with van der Waals surface area (Å²) in [6.45, 7) is 4.96. The smallest absolute Gasteiger partial charge is 0.221 e. The Balaban J connectivity index is 1.64. The van der Waals surface area contributed by atoms with Crippen molar-refractivity contribution in [2.45, 2.75) is 39.5 Å². The second kappa shape index (κ2) is 12.0. The molecule has 0 fully saturated rings. The van der Waals surface area contributed by atoms with Gasteiger partial charge < -0.3 is 20.7 Å². The van der Waals surface area contributed by atoms with E-state index in [-0.39, 0.29) is 5.91 Å². The Kier molecular flexibility index (Phi) is 9.28. The molecule has 0 atom stereocenters. The van der Waals surface area contributed by atoms with Gasteiger partial charge in [-0.2, -0.15) is 0 Å². The van der Waals surface area contributed by atoms with E-state index in [0.29, 0.717) is 18.3 Å². The average molecular weight is 400 g/mol. The Morgan fingerprint density at radius 1 is 1.04 bits per heavy atom. The first-order valence-corrected chi connectivity index (χ1v) is 10.1. The van der Waals surface area contributed by atoms with E-state index in [0.717, 1.165) is 30.0 Å². The van der Waals surface area contributed by atoms with Crippen LogP contribution in [0, 0.1) is 0 Å². The highest BCUT2D eigenvalue weighted by Crippen LogP contribution is 2.17. The van der Waals surface area contributed by atoms with Crippen molar-refractivity contribution >= 4 is 34.6 Å². The largest absolute Gasteiger partial charge is 0.493 e. The average Bonchev–Trinajstić information content (AvgIpc) is 2.67. The zero-order valence-electron chi connectivity index (χ0n) is 16.6. The van der Waals surface area contributed by atoms with E-state index in [1.54, 1.807) is 0 Å². The van der Waals surface area contributed by atoms with Crippen molar-refractivity contribution in [3.63, 3.8) is 0 Å². The number of ether oxygens (including phenoxy) is 1. The predicted molar refractivity (Wildman–Crippen MR) is 120 cm³/mol. The van der Waals surface area contributed by atoms with Crippen LogP contribution >= 0.6 is 12.2 Å². The first-order chi connectivity index (χ1) is 13.6. The lowest BCUT2D eigenvalue weighted by atomic mass is 10.1. The Bertz CT molecular complexity index is 763. The van der Waals surface area contributed by atoms with E-state index in [9.17, 15) is 4.79 Å². The summed E-state index contributed by atoms with van der Waals surface area (Å²) in [7, 11) is 0. The van der Waals surface area contributed by atoms with Gasteiger partial charge in [-0.3, -0.25) is 4.79 Å². The fourth-order valence-corrected chi connectivity index (χ4v) is 2.86. The highest BCUT2D eigenvalue weighted by atomic mass is 32.1. The number of unbranched alkanes of at least 4 members (excludes halogenated alkanes) is 1. The molecule has 0 aliphatic heterocycles. The predicted octanol–water partition coefficient (Wildman–Crippen LogP) is 4.74. The summed E-state index contributed by atoms with van der Waals surface area (Å²) in [5.74, 6) is 0.632. The van der Waals surface area contributed by atoms with Crippen LogP contribution in [0.1, 0.15) is 38.7 Å². The van der Waals surface area contributed by atoms with Crippen LogP contribution < -0.4 is 20.7 Å². The van der Waals surface area contributed by atoms with Crippen LogP contribution in [0.2, 0.25) is 0 Å². The first-order valence-electron chi connectivity index (χ1n) is 9.71. The van der Waals surface area contributed by atoms with Gasteiger partial charge >= 0.3 is 0 Å². The second-order valence-corrected chi connectivity index (χ2v) is 7.00. The molecule has 0 aromatic heterocycles. The van der Waals surface area contributed by atoms with Crippen LogP contribution in [0.15, 0.2) is 48.5 Å². The highest BCUT2D eigenvalue weighted by molar-refractivity contribution is 7.80. The monoisotopic (exact) mass is 399 g/mol. The molecule has 0 bridgehead atoms. The number of anilines is 2. The van der Waals surface area contributed by atoms with Crippen molar-refractivity contribution < 1.29 is 9.53 Å². The number of hydrogen-bond donors (Lipinski definition) is 3. The second-order valence-electron chi connectivity index (χ2n) is 6.59. The van der Waals surface area contributed by atoms with Gasteiger partial charge in [-0.1, -0.05) is 31.5 Å². The van der Waals surface area contributed by atoms with Crippen LogP contribution in [0.25, 0.3) is 0 Å². The maximum Gasteiger partial charge on any atom is 0.221 e. The van der Waals surface area contributed by atoms with Gasteiger partial charge in [0.25, 0.3) is 0 Å². The van der Waals surface area contributed by atoms with Gasteiger partial charge in [0, 0.05) is 30.9 Å². The highest BCUT2D eigenvalue weighted by Gasteiger charge is 2.01. The third-order valence-corrected chi connectivity index (χ3v) is 4.31. The molecule has 0 radical (unpaired) electrons. The minimum absolute atomic E-state index is 0.0991. The lowest BCUT2D eigenvalue weighted by Crippen LogP contribution is -2.30. The SMILES string of the molecule is CCCCc1ccc(NC(=S)NCCCOc2cccc(NC(C)=O)c2)cc1. The summed E-state index contributed by atoms with van der Waals surface area (Å²) in [6.07, 6.45) is 4.35. The molecule has 0 spiro atoms. The molecule has 150 valence electrons. The molecule has 1 amide bonds. The van der Waals surface area contributed by atoms with Crippen molar-refractivity contribution in [1.82, 2.24) is 5.32 Å². The molecule has 0 heterocycles. The number of aryl methyl sites for hydroxylation is 1. The van der Waals surface area contributed by atoms with Crippen molar-refractivity contribution in [3.8, 4) is 5.75 Å². The molecule has 5 nitrogen and oxygen atoms in total. The summed E-state index contributed by atoms with van der Waals surface area (Å²) in [6, 6.07) is 15.8. The third kappa shape index (κ3) is 8.39. The molecular formula is C22H29N3O2S. The van der Waals surface area contributed by atoms with Crippen LogP contribution in [-0.2, 0) is 11.2 Å². The zero-order valence-corrected chi connectivity index (χ0v) is 17.4. The number of amides is 1. The number of nitrogens with one attached hydrogen (secondary N) is 3. The standard InChI is InChI=1S/C22H29N3O2S/c1-3-4-7-18-10-12-19(13-11-18)25-22(28)23-14-6-15-27-21-9-5-8-20(16-21)24-17(2)26/h5,8-13,16H,3-4,6-7,14-15H2,1-2H3,(H,24,26)(H2,23,25,28). The number of thiocarbonyl (C=S) groups is 1. The molecule has 2 rings (SSSR count). The van der Waals surface area contributed by atoms with E-state index in [4.69, 9.17) is 17.0 Å². The first kappa shape index (κ1) is 21.7. The van der Waals surface area contributed by atoms with Crippen LogP contribution in [-0.4, -0.2) is 24.2 Å². The lowest BCUT2D eigenvalue weighted by molar-refractivity contribution is -0.114. The number of hydrogen-bond acceptors (Lipinski definition) is 3. The zero-order chi connectivity index (χ0) is 20.2. The fraction of sp³-hybridized carbons (Fsp3) is 0.364. The Hall–Kier alpha value is -2.60. The van der Waals surface area contributed by atoms with Gasteiger partial charge in [0.1, 0.15) is 5.75 Å². The van der Waals surface area contributed by atoms with Crippen LogP contribution in [0.4, 0.5) is 11.4 Å². The fourth-order valence-electron chi connectivity index (χ4n) is 2.64. The van der Waals surface area contributed by atoms with Gasteiger partial charge in [0.2, 0.25) is 5.91 Å². The molecule has 0 saturated carbocycles. The van der Waals surface area contributed by atoms with E-state index in [1.165, 1.54) is 25.3 Å². The normalized spacial score (nSPS) is 10.2. The molecular weight excluding hydrogens is 370 g/mol. The van der Waals surface area contributed by atoms with E-state index < -0.39 is 0 Å². The molecule has 2 aromatic rings. The summed E-state index contributed by atoms with van der Waals surface area (Å²) in [4.78, 5) is 11.1. The molecule has 0 saturated heterocycles. The minimum atomic E-state index is -0.0991. The van der Waals surface area contributed by atoms with Crippen molar-refractivity contribution in [3.05, 3.63) is 54.1 Å². The summed E-state index contributed by atoms with van der Waals surface area (Å²) in [5.41, 5.74) is 3.07. The Morgan fingerprint density at radius 3 is 2.54 bits per heavy atom. The van der Waals surface area contributed by atoms with Crippen LogP contribution in [0.3, 0.4) is 0 Å². The van der Waals surface area contributed by atoms with Crippen molar-refractivity contribution in [2.75, 3.05) is 23.8 Å². The number of rotatable bonds is 10. The molecule has 28 heavy (non-hydrogen) atoms. The maximum atomic E-state index is 11.1. The summed E-state index contributed by atoms with van der Waals surface area (Å²) >= 11 is 5.34. The van der Waals surface area contributed by atoms with E-state index >= 15 is 0 Å². The number of carbonyl (C=O) groups is 1. The molecule has 0 aliphatic rings. The topological polar surface area (TPSA) is 62.4 Å². The molecule has 0 aliphatic carbocycles. The van der Waals surface area contributed by atoms with Gasteiger partial charge in [-0.15, -0.1) is 0 Å². The van der Waals surface area contributed by atoms with Gasteiger partial charge in [0.15, 0.2) is 5.11 Å². The summed E-state index contributed by atoms with van der Waals surface area (Å²) in [5, 5.41) is 9.73. The maximum absolute atomic E-state index is 11.1. The van der Waals surface area contributed by atoms with Gasteiger partial charge in [-0.05, 0) is 61.3 Å². The molecule has 2 aromatic carbocycles. The van der Waals surface area contributed by atoms with Crippen molar-refractivity contribution in [1.29, 1.82) is 0 Å². The van der Waals surface area contributed by atoms with Gasteiger partial charge in [0.05, 0.1) is 6.61 Å². The Labute approximate surface area is 172 Å². The van der Waals surface area contributed by atoms with Crippen LogP contribution in [0.5, 0.6) is 5.75 Å². The van der Waals surface area contributed by atoms with E-state index in [2.05, 4.69) is 47.1 Å². The molecule has 6 heteroatoms.